The Labute approximate surface area is 107 Å². The number of fused-ring (bicyclic) bond motifs is 1. The number of nitrogens with zero attached hydrogens (tertiary/aromatic N) is 3. The van der Waals surface area contributed by atoms with Crippen LogP contribution in [0.5, 0.6) is 0 Å². The molecule has 2 aliphatic heterocycles. The zero-order chi connectivity index (χ0) is 12.7. The van der Waals surface area contributed by atoms with Crippen LogP contribution >= 0.6 is 11.8 Å². The van der Waals surface area contributed by atoms with Gasteiger partial charge in [-0.05, 0) is 6.07 Å². The standard InChI is InChI=1S/C11H9N3O3S/c15-9-4-6-3-7(10(11(16)17)14(6)9)18-8-1-2-12-5-13-8/h1-2,5-6H,3-4H2,(H,16,17). The van der Waals surface area contributed by atoms with E-state index in [1.54, 1.807) is 12.3 Å². The monoisotopic (exact) mass is 263 g/mol. The second-order valence-corrected chi connectivity index (χ2v) is 5.17. The summed E-state index contributed by atoms with van der Waals surface area (Å²) in [6, 6.07) is 1.74. The van der Waals surface area contributed by atoms with Gasteiger partial charge < -0.3 is 10.0 Å². The fraction of sp³-hybridized carbons (Fsp3) is 0.273. The average Bonchev–Trinajstić information content (AvgIpc) is 2.63. The fourth-order valence-corrected chi connectivity index (χ4v) is 3.21. The van der Waals surface area contributed by atoms with Crippen molar-refractivity contribution in [1.29, 1.82) is 0 Å². The second-order valence-electron chi connectivity index (χ2n) is 4.05. The van der Waals surface area contributed by atoms with Crippen LogP contribution in [-0.2, 0) is 9.59 Å². The number of hydrogen-bond acceptors (Lipinski definition) is 5. The van der Waals surface area contributed by atoms with Gasteiger partial charge >= 0.3 is 5.97 Å². The maximum atomic E-state index is 11.4. The molecule has 1 saturated heterocycles. The highest BCUT2D eigenvalue weighted by atomic mass is 32.2. The first kappa shape index (κ1) is 11.2. The number of rotatable bonds is 3. The van der Waals surface area contributed by atoms with Crippen LogP contribution in [0, 0.1) is 0 Å². The summed E-state index contributed by atoms with van der Waals surface area (Å²) >= 11 is 1.29. The van der Waals surface area contributed by atoms with Crippen LogP contribution in [-0.4, -0.2) is 37.9 Å². The molecule has 92 valence electrons. The molecule has 7 heteroatoms. The molecule has 1 N–H and O–H groups in total. The topological polar surface area (TPSA) is 83.4 Å². The third kappa shape index (κ3) is 1.67. The number of thioether (sulfide) groups is 1. The Bertz CT molecular complexity index is 558. The first-order valence-electron chi connectivity index (χ1n) is 5.39. The minimum Gasteiger partial charge on any atom is -0.477 e. The molecule has 0 radical (unpaired) electrons. The molecule has 1 atom stereocenters. The van der Waals surface area contributed by atoms with Crippen molar-refractivity contribution in [1.82, 2.24) is 14.9 Å². The highest BCUT2D eigenvalue weighted by Crippen LogP contribution is 2.44. The molecule has 1 aromatic heterocycles. The number of carboxylic acid groups (broad SMARTS) is 1. The van der Waals surface area contributed by atoms with Gasteiger partial charge in [-0.25, -0.2) is 14.8 Å². The molecule has 1 amide bonds. The Morgan fingerprint density at radius 3 is 2.94 bits per heavy atom. The van der Waals surface area contributed by atoms with Gasteiger partial charge in [0.25, 0.3) is 0 Å². The number of aromatic nitrogens is 2. The van der Waals surface area contributed by atoms with Crippen molar-refractivity contribution in [2.75, 3.05) is 0 Å². The van der Waals surface area contributed by atoms with E-state index in [0.717, 1.165) is 0 Å². The van der Waals surface area contributed by atoms with Crippen LogP contribution < -0.4 is 0 Å². The minimum absolute atomic E-state index is 0.0212. The predicted molar refractivity (Wildman–Crippen MR) is 62.4 cm³/mol. The van der Waals surface area contributed by atoms with Crippen LogP contribution in [0.1, 0.15) is 12.8 Å². The Kier molecular flexibility index (Phi) is 2.55. The highest BCUT2D eigenvalue weighted by molar-refractivity contribution is 8.03. The van der Waals surface area contributed by atoms with Crippen molar-refractivity contribution >= 4 is 23.6 Å². The number of amides is 1. The summed E-state index contributed by atoms with van der Waals surface area (Å²) in [5, 5.41) is 9.89. The fourth-order valence-electron chi connectivity index (χ4n) is 2.18. The van der Waals surface area contributed by atoms with Crippen LogP contribution in [0.15, 0.2) is 34.2 Å². The van der Waals surface area contributed by atoms with Gasteiger partial charge in [0.2, 0.25) is 5.91 Å². The summed E-state index contributed by atoms with van der Waals surface area (Å²) in [4.78, 5) is 32.6. The van der Waals surface area contributed by atoms with Crippen molar-refractivity contribution in [2.45, 2.75) is 23.9 Å². The molecule has 1 unspecified atom stereocenters. The summed E-state index contributed by atoms with van der Waals surface area (Å²) in [5.74, 6) is -1.17. The first-order valence-corrected chi connectivity index (χ1v) is 6.21. The van der Waals surface area contributed by atoms with E-state index < -0.39 is 5.97 Å². The third-order valence-corrected chi connectivity index (χ3v) is 4.01. The molecule has 3 rings (SSSR count). The molecule has 2 aliphatic rings. The quantitative estimate of drug-likeness (QED) is 0.643. The number of carbonyl (C=O) groups is 2. The van der Waals surface area contributed by atoms with Crippen molar-refractivity contribution in [2.24, 2.45) is 0 Å². The zero-order valence-corrected chi connectivity index (χ0v) is 10.1. The summed E-state index contributed by atoms with van der Waals surface area (Å²) in [6.45, 7) is 0. The number of carbonyl (C=O) groups excluding carboxylic acids is 1. The van der Waals surface area contributed by atoms with E-state index in [1.807, 2.05) is 0 Å². The average molecular weight is 263 g/mol. The Morgan fingerprint density at radius 1 is 1.50 bits per heavy atom. The normalized spacial score (nSPS) is 21.9. The molecular formula is C11H9N3O3S. The van der Waals surface area contributed by atoms with E-state index in [9.17, 15) is 14.7 Å². The SMILES string of the molecule is O=C(O)C1=C(Sc2ccncn2)CC2CC(=O)N12. The second kappa shape index (κ2) is 4.09. The smallest absolute Gasteiger partial charge is 0.353 e. The van der Waals surface area contributed by atoms with Crippen LogP contribution in [0.3, 0.4) is 0 Å². The van der Waals surface area contributed by atoms with Gasteiger partial charge in [-0.15, -0.1) is 0 Å². The Hall–Kier alpha value is -1.89. The van der Waals surface area contributed by atoms with E-state index >= 15 is 0 Å². The zero-order valence-electron chi connectivity index (χ0n) is 9.24. The molecule has 0 aliphatic carbocycles. The van der Waals surface area contributed by atoms with Gasteiger partial charge in [0.15, 0.2) is 0 Å². The van der Waals surface area contributed by atoms with Gasteiger partial charge in [0, 0.05) is 23.9 Å². The molecule has 18 heavy (non-hydrogen) atoms. The Balaban J connectivity index is 1.91. The molecule has 1 aromatic rings. The van der Waals surface area contributed by atoms with Gasteiger partial charge in [-0.3, -0.25) is 4.79 Å². The van der Waals surface area contributed by atoms with Gasteiger partial charge in [0.1, 0.15) is 17.1 Å². The highest BCUT2D eigenvalue weighted by Gasteiger charge is 2.47. The predicted octanol–water partition coefficient (Wildman–Crippen LogP) is 0.870. The van der Waals surface area contributed by atoms with E-state index in [4.69, 9.17) is 0 Å². The lowest BCUT2D eigenvalue weighted by molar-refractivity contribution is -0.147. The summed E-state index contributed by atoms with van der Waals surface area (Å²) < 4.78 is 0. The molecule has 1 fully saturated rings. The Morgan fingerprint density at radius 2 is 2.33 bits per heavy atom. The minimum atomic E-state index is -1.05. The number of carboxylic acids is 1. The summed E-state index contributed by atoms with van der Waals surface area (Å²) in [7, 11) is 0. The summed E-state index contributed by atoms with van der Waals surface area (Å²) in [6.07, 6.45) is 4.05. The molecular weight excluding hydrogens is 254 g/mol. The molecule has 0 aromatic carbocycles. The van der Waals surface area contributed by atoms with Crippen LogP contribution in [0.25, 0.3) is 0 Å². The van der Waals surface area contributed by atoms with E-state index in [1.165, 1.54) is 23.0 Å². The lowest BCUT2D eigenvalue weighted by Gasteiger charge is -2.34. The molecule has 3 heterocycles. The lowest BCUT2D eigenvalue weighted by atomic mass is 10.0. The largest absolute Gasteiger partial charge is 0.477 e. The van der Waals surface area contributed by atoms with Crippen molar-refractivity contribution in [3.05, 3.63) is 29.2 Å². The van der Waals surface area contributed by atoms with Crippen LogP contribution in [0.4, 0.5) is 0 Å². The molecule has 0 bridgehead atoms. The molecule has 6 nitrogen and oxygen atoms in total. The van der Waals surface area contributed by atoms with E-state index in [2.05, 4.69) is 9.97 Å². The maximum Gasteiger partial charge on any atom is 0.353 e. The van der Waals surface area contributed by atoms with Crippen molar-refractivity contribution in [3.63, 3.8) is 0 Å². The van der Waals surface area contributed by atoms with Crippen molar-refractivity contribution < 1.29 is 14.7 Å². The van der Waals surface area contributed by atoms with Gasteiger partial charge in [-0.1, -0.05) is 11.8 Å². The number of aliphatic carboxylic acids is 1. The third-order valence-electron chi connectivity index (χ3n) is 2.96. The lowest BCUT2D eigenvalue weighted by Crippen LogP contribution is -2.49. The number of hydrogen-bond donors (Lipinski definition) is 1. The summed E-state index contributed by atoms with van der Waals surface area (Å²) in [5.41, 5.74) is 0.111. The van der Waals surface area contributed by atoms with Crippen LogP contribution in [0.2, 0.25) is 0 Å². The number of β-lactam (4-membered cyclic amide) rings is 1. The van der Waals surface area contributed by atoms with Gasteiger partial charge in [0.05, 0.1) is 6.04 Å². The maximum absolute atomic E-state index is 11.4. The first-order chi connectivity index (χ1) is 8.66. The molecule has 0 saturated carbocycles. The van der Waals surface area contributed by atoms with E-state index in [-0.39, 0.29) is 17.6 Å². The molecule has 0 spiro atoms. The van der Waals surface area contributed by atoms with E-state index in [0.29, 0.717) is 22.8 Å². The van der Waals surface area contributed by atoms with Crippen molar-refractivity contribution in [3.8, 4) is 0 Å². The van der Waals surface area contributed by atoms with Gasteiger partial charge in [-0.2, -0.15) is 0 Å².